The van der Waals surface area contributed by atoms with Crippen molar-refractivity contribution in [2.75, 3.05) is 14.2 Å². The lowest BCUT2D eigenvalue weighted by atomic mass is 10.1. The number of aromatic nitrogens is 2. The maximum atomic E-state index is 6.23. The third-order valence-electron chi connectivity index (χ3n) is 3.16. The summed E-state index contributed by atoms with van der Waals surface area (Å²) >= 11 is 6.23. The number of benzene rings is 1. The Kier molecular flexibility index (Phi) is 4.45. The predicted molar refractivity (Wildman–Crippen MR) is 79.7 cm³/mol. The summed E-state index contributed by atoms with van der Waals surface area (Å²) in [7, 11) is 3.19. The zero-order chi connectivity index (χ0) is 14.7. The van der Waals surface area contributed by atoms with Crippen LogP contribution in [0.5, 0.6) is 11.5 Å². The lowest BCUT2D eigenvalue weighted by Gasteiger charge is -2.13. The van der Waals surface area contributed by atoms with Crippen LogP contribution in [0.2, 0.25) is 5.15 Å². The summed E-state index contributed by atoms with van der Waals surface area (Å²) in [6.07, 6.45) is 0.806. The smallest absolute Gasteiger partial charge is 0.171 e. The second kappa shape index (κ2) is 6.09. The molecule has 0 amide bonds. The largest absolute Gasteiger partial charge is 0.493 e. The molecule has 20 heavy (non-hydrogen) atoms. The molecule has 0 N–H and O–H groups in total. The minimum atomic E-state index is 0.486. The van der Waals surface area contributed by atoms with Crippen LogP contribution >= 0.6 is 11.6 Å². The second-order valence-electron chi connectivity index (χ2n) is 4.30. The average molecular weight is 293 g/mol. The second-order valence-corrected chi connectivity index (χ2v) is 4.65. The highest BCUT2D eigenvalue weighted by Gasteiger charge is 2.16. The monoisotopic (exact) mass is 292 g/mol. The van der Waals surface area contributed by atoms with E-state index >= 15 is 0 Å². The number of ether oxygens (including phenoxy) is 2. The number of aryl methyl sites for hydroxylation is 1. The van der Waals surface area contributed by atoms with Crippen molar-refractivity contribution < 1.29 is 9.47 Å². The first kappa shape index (κ1) is 14.6. The topological polar surface area (TPSA) is 44.2 Å². The molecule has 0 unspecified atom stereocenters. The highest BCUT2D eigenvalue weighted by molar-refractivity contribution is 6.30. The van der Waals surface area contributed by atoms with E-state index in [0.717, 1.165) is 23.2 Å². The van der Waals surface area contributed by atoms with Gasteiger partial charge in [-0.05, 0) is 25.5 Å². The van der Waals surface area contributed by atoms with Gasteiger partial charge >= 0.3 is 0 Å². The van der Waals surface area contributed by atoms with Crippen LogP contribution in [0.1, 0.15) is 18.2 Å². The molecule has 0 atom stereocenters. The van der Waals surface area contributed by atoms with E-state index < -0.39 is 0 Å². The van der Waals surface area contributed by atoms with Gasteiger partial charge in [0.05, 0.1) is 19.8 Å². The first-order valence-electron chi connectivity index (χ1n) is 6.36. The molecule has 2 aromatic rings. The Bertz CT molecular complexity index is 606. The Morgan fingerprint density at radius 3 is 2.45 bits per heavy atom. The van der Waals surface area contributed by atoms with E-state index in [1.807, 2.05) is 32.0 Å². The number of para-hydroxylation sites is 1. The summed E-state index contributed by atoms with van der Waals surface area (Å²) in [6.45, 7) is 3.96. The molecule has 0 radical (unpaired) electrons. The fourth-order valence-electron chi connectivity index (χ4n) is 2.15. The molecule has 0 saturated carbocycles. The van der Waals surface area contributed by atoms with Crippen LogP contribution in [0, 0.1) is 6.92 Å². The van der Waals surface area contributed by atoms with Crippen molar-refractivity contribution in [1.29, 1.82) is 0 Å². The molecule has 1 heterocycles. The Balaban J connectivity index is 2.63. The van der Waals surface area contributed by atoms with Gasteiger partial charge in [0, 0.05) is 11.3 Å². The molecule has 5 heteroatoms. The molecule has 0 aliphatic heterocycles. The summed E-state index contributed by atoms with van der Waals surface area (Å²) < 4.78 is 10.7. The summed E-state index contributed by atoms with van der Waals surface area (Å²) in [4.78, 5) is 8.91. The van der Waals surface area contributed by atoms with Crippen molar-refractivity contribution in [2.24, 2.45) is 0 Å². The van der Waals surface area contributed by atoms with Crippen LogP contribution < -0.4 is 9.47 Å². The fraction of sp³-hybridized carbons (Fsp3) is 0.333. The Labute approximate surface area is 123 Å². The lowest BCUT2D eigenvalue weighted by Crippen LogP contribution is -2.01. The first-order chi connectivity index (χ1) is 9.62. The standard InChI is InChI=1S/C15H17ClN2O2/c1-5-10-9(2)17-15(18-14(10)16)11-7-6-8-12(19-3)13(11)20-4/h6-8H,5H2,1-4H3. The van der Waals surface area contributed by atoms with Crippen LogP contribution in [0.4, 0.5) is 0 Å². The molecule has 1 aromatic heterocycles. The van der Waals surface area contributed by atoms with Gasteiger partial charge in [-0.15, -0.1) is 0 Å². The van der Waals surface area contributed by atoms with Crippen molar-refractivity contribution in [3.63, 3.8) is 0 Å². The third kappa shape index (κ3) is 2.56. The molecule has 2 rings (SSSR count). The molecule has 0 saturated heterocycles. The Morgan fingerprint density at radius 2 is 1.90 bits per heavy atom. The number of hydrogen-bond acceptors (Lipinski definition) is 4. The van der Waals surface area contributed by atoms with E-state index in [1.54, 1.807) is 14.2 Å². The first-order valence-corrected chi connectivity index (χ1v) is 6.74. The summed E-state index contributed by atoms with van der Waals surface area (Å²) in [5, 5.41) is 0.486. The molecule has 0 bridgehead atoms. The Morgan fingerprint density at radius 1 is 1.15 bits per heavy atom. The van der Waals surface area contributed by atoms with E-state index in [2.05, 4.69) is 9.97 Å². The normalized spacial score (nSPS) is 10.4. The maximum absolute atomic E-state index is 6.23. The van der Waals surface area contributed by atoms with Crippen molar-refractivity contribution in [3.8, 4) is 22.9 Å². The Hall–Kier alpha value is -1.81. The van der Waals surface area contributed by atoms with Gasteiger partial charge in [0.15, 0.2) is 17.3 Å². The maximum Gasteiger partial charge on any atom is 0.171 e. The van der Waals surface area contributed by atoms with Crippen molar-refractivity contribution in [1.82, 2.24) is 9.97 Å². The van der Waals surface area contributed by atoms with Crippen LogP contribution in [-0.2, 0) is 6.42 Å². The van der Waals surface area contributed by atoms with Gasteiger partial charge < -0.3 is 9.47 Å². The molecular weight excluding hydrogens is 276 g/mol. The van der Waals surface area contributed by atoms with Gasteiger partial charge in [-0.3, -0.25) is 0 Å². The van der Waals surface area contributed by atoms with E-state index in [-0.39, 0.29) is 0 Å². The van der Waals surface area contributed by atoms with Crippen LogP contribution in [0.3, 0.4) is 0 Å². The quantitative estimate of drug-likeness (QED) is 0.806. The summed E-state index contributed by atoms with van der Waals surface area (Å²) in [5.41, 5.74) is 2.61. The van der Waals surface area contributed by atoms with Gasteiger partial charge in [0.1, 0.15) is 5.15 Å². The molecule has 106 valence electrons. The number of methoxy groups -OCH3 is 2. The number of halogens is 1. The van der Waals surface area contributed by atoms with Gasteiger partial charge in [0.2, 0.25) is 0 Å². The SMILES string of the molecule is CCc1c(C)nc(-c2cccc(OC)c2OC)nc1Cl. The van der Waals surface area contributed by atoms with E-state index in [9.17, 15) is 0 Å². The van der Waals surface area contributed by atoms with Crippen LogP contribution in [0.15, 0.2) is 18.2 Å². The molecule has 0 aliphatic rings. The molecule has 0 fully saturated rings. The molecule has 0 spiro atoms. The fourth-order valence-corrected chi connectivity index (χ4v) is 2.50. The van der Waals surface area contributed by atoms with Crippen molar-refractivity contribution in [2.45, 2.75) is 20.3 Å². The molecule has 1 aromatic carbocycles. The van der Waals surface area contributed by atoms with Gasteiger partial charge in [0.25, 0.3) is 0 Å². The molecule has 4 nitrogen and oxygen atoms in total. The van der Waals surface area contributed by atoms with E-state index in [4.69, 9.17) is 21.1 Å². The predicted octanol–water partition coefficient (Wildman–Crippen LogP) is 3.69. The van der Waals surface area contributed by atoms with Crippen molar-refractivity contribution >= 4 is 11.6 Å². The van der Waals surface area contributed by atoms with Gasteiger partial charge in [-0.25, -0.2) is 9.97 Å². The highest BCUT2D eigenvalue weighted by Crippen LogP contribution is 2.37. The third-order valence-corrected chi connectivity index (χ3v) is 3.47. The highest BCUT2D eigenvalue weighted by atomic mass is 35.5. The van der Waals surface area contributed by atoms with E-state index in [1.165, 1.54) is 0 Å². The minimum Gasteiger partial charge on any atom is -0.493 e. The minimum absolute atomic E-state index is 0.486. The number of rotatable bonds is 4. The number of nitrogens with zero attached hydrogens (tertiary/aromatic N) is 2. The summed E-state index contributed by atoms with van der Waals surface area (Å²) in [6, 6.07) is 5.59. The number of hydrogen-bond donors (Lipinski definition) is 0. The van der Waals surface area contributed by atoms with Gasteiger partial charge in [-0.1, -0.05) is 24.6 Å². The lowest BCUT2D eigenvalue weighted by molar-refractivity contribution is 0.356. The van der Waals surface area contributed by atoms with Crippen LogP contribution in [0.25, 0.3) is 11.4 Å². The van der Waals surface area contributed by atoms with Crippen LogP contribution in [-0.4, -0.2) is 24.2 Å². The van der Waals surface area contributed by atoms with Gasteiger partial charge in [-0.2, -0.15) is 0 Å². The zero-order valence-corrected chi connectivity index (χ0v) is 12.8. The molecule has 0 aliphatic carbocycles. The molecular formula is C15H17ClN2O2. The zero-order valence-electron chi connectivity index (χ0n) is 12.0. The summed E-state index contributed by atoms with van der Waals surface area (Å²) in [5.74, 6) is 1.79. The van der Waals surface area contributed by atoms with Crippen molar-refractivity contribution in [3.05, 3.63) is 34.6 Å². The van der Waals surface area contributed by atoms with E-state index in [0.29, 0.717) is 22.5 Å². The average Bonchev–Trinajstić information content (AvgIpc) is 2.45.